The molecule has 76 valence electrons. The van der Waals surface area contributed by atoms with Gasteiger partial charge in [-0.05, 0) is 23.8 Å². The lowest BCUT2D eigenvalue weighted by Gasteiger charge is -2.06. The van der Waals surface area contributed by atoms with E-state index in [2.05, 4.69) is 0 Å². The first-order valence-corrected chi connectivity index (χ1v) is 4.69. The molecule has 1 unspecified atom stereocenters. The van der Waals surface area contributed by atoms with Crippen LogP contribution in [0.2, 0.25) is 5.02 Å². The van der Waals surface area contributed by atoms with Crippen LogP contribution in [0.25, 0.3) is 0 Å². The Morgan fingerprint density at radius 3 is 2.79 bits per heavy atom. The van der Waals surface area contributed by atoms with Crippen molar-refractivity contribution < 1.29 is 9.18 Å². The molecule has 0 aromatic heterocycles. The molecule has 0 aliphatic heterocycles. The second kappa shape index (κ2) is 4.62. The summed E-state index contributed by atoms with van der Waals surface area (Å²) in [5.41, 5.74) is 5.23. The van der Waals surface area contributed by atoms with Crippen molar-refractivity contribution >= 4 is 29.1 Å². The summed E-state index contributed by atoms with van der Waals surface area (Å²) in [6.45, 7) is 0. The minimum absolute atomic E-state index is 0.0449. The number of nitrogens with two attached hydrogens (primary N) is 1. The predicted molar refractivity (Wildman–Crippen MR) is 53.9 cm³/mol. The number of amides is 1. The summed E-state index contributed by atoms with van der Waals surface area (Å²) in [5.74, 6) is -1.12. The summed E-state index contributed by atoms with van der Waals surface area (Å²) in [5, 5.41) is -0.516. The highest BCUT2D eigenvalue weighted by Gasteiger charge is 2.14. The van der Waals surface area contributed by atoms with Gasteiger partial charge in [0.2, 0.25) is 5.91 Å². The summed E-state index contributed by atoms with van der Waals surface area (Å²) in [4.78, 5) is 10.6. The molecular formula is C9H8Cl2FNO. The Morgan fingerprint density at radius 1 is 1.57 bits per heavy atom. The number of rotatable bonds is 3. The summed E-state index contributed by atoms with van der Waals surface area (Å²) in [7, 11) is 0. The zero-order valence-corrected chi connectivity index (χ0v) is 8.65. The van der Waals surface area contributed by atoms with Gasteiger partial charge in [0.15, 0.2) is 0 Å². The van der Waals surface area contributed by atoms with Gasteiger partial charge in [0.1, 0.15) is 11.2 Å². The van der Waals surface area contributed by atoms with E-state index in [1.54, 1.807) is 0 Å². The Bertz CT molecular complexity index is 357. The highest BCUT2D eigenvalue weighted by atomic mass is 35.5. The lowest BCUT2D eigenvalue weighted by atomic mass is 10.1. The standard InChI is InChI=1S/C9H8Cl2FNO/c10-6-1-2-8(12)5(3-6)4-7(11)9(13)14/h1-3,7H,4H2,(H2,13,14). The van der Waals surface area contributed by atoms with E-state index < -0.39 is 17.1 Å². The molecular weight excluding hydrogens is 228 g/mol. The fraction of sp³-hybridized carbons (Fsp3) is 0.222. The molecule has 1 atom stereocenters. The van der Waals surface area contributed by atoms with Crippen LogP contribution in [0.15, 0.2) is 18.2 Å². The van der Waals surface area contributed by atoms with Crippen molar-refractivity contribution in [3.8, 4) is 0 Å². The zero-order chi connectivity index (χ0) is 10.7. The molecule has 0 radical (unpaired) electrons. The molecule has 0 aliphatic carbocycles. The molecule has 0 bridgehead atoms. The maximum atomic E-state index is 13.1. The van der Waals surface area contributed by atoms with Crippen molar-refractivity contribution in [2.24, 2.45) is 5.73 Å². The van der Waals surface area contributed by atoms with Crippen LogP contribution in [0.5, 0.6) is 0 Å². The monoisotopic (exact) mass is 235 g/mol. The number of primary amides is 1. The first kappa shape index (κ1) is 11.3. The summed E-state index contributed by atoms with van der Waals surface area (Å²) >= 11 is 11.2. The van der Waals surface area contributed by atoms with E-state index in [-0.39, 0.29) is 12.0 Å². The normalized spacial score (nSPS) is 12.5. The first-order valence-electron chi connectivity index (χ1n) is 3.88. The lowest BCUT2D eigenvalue weighted by molar-refractivity contribution is -0.117. The number of alkyl halides is 1. The molecule has 2 N–H and O–H groups in total. The van der Waals surface area contributed by atoms with Gasteiger partial charge in [-0.3, -0.25) is 4.79 Å². The van der Waals surface area contributed by atoms with E-state index in [4.69, 9.17) is 28.9 Å². The van der Waals surface area contributed by atoms with E-state index in [1.165, 1.54) is 18.2 Å². The average molecular weight is 236 g/mol. The Labute approximate surface area is 90.8 Å². The minimum atomic E-state index is -0.914. The van der Waals surface area contributed by atoms with Crippen molar-refractivity contribution in [1.29, 1.82) is 0 Å². The third kappa shape index (κ3) is 2.86. The van der Waals surface area contributed by atoms with Crippen molar-refractivity contribution in [1.82, 2.24) is 0 Å². The second-order valence-electron chi connectivity index (χ2n) is 2.81. The number of halogens is 3. The highest BCUT2D eigenvalue weighted by Crippen LogP contribution is 2.17. The average Bonchev–Trinajstić information content (AvgIpc) is 2.11. The third-order valence-electron chi connectivity index (χ3n) is 1.72. The maximum absolute atomic E-state index is 13.1. The van der Waals surface area contributed by atoms with E-state index in [0.717, 1.165) is 0 Å². The van der Waals surface area contributed by atoms with E-state index >= 15 is 0 Å². The van der Waals surface area contributed by atoms with Crippen LogP contribution in [0.4, 0.5) is 4.39 Å². The number of hydrogen-bond donors (Lipinski definition) is 1. The number of benzene rings is 1. The predicted octanol–water partition coefficient (Wildman–Crippen LogP) is 2.11. The van der Waals surface area contributed by atoms with Crippen LogP contribution in [-0.2, 0) is 11.2 Å². The topological polar surface area (TPSA) is 43.1 Å². The molecule has 2 nitrogen and oxygen atoms in total. The molecule has 0 saturated heterocycles. The van der Waals surface area contributed by atoms with E-state index in [0.29, 0.717) is 5.02 Å². The fourth-order valence-corrected chi connectivity index (χ4v) is 1.35. The van der Waals surface area contributed by atoms with Gasteiger partial charge in [-0.1, -0.05) is 11.6 Å². The molecule has 14 heavy (non-hydrogen) atoms. The molecule has 0 heterocycles. The van der Waals surface area contributed by atoms with Crippen LogP contribution in [0, 0.1) is 5.82 Å². The molecule has 0 aliphatic rings. The lowest BCUT2D eigenvalue weighted by Crippen LogP contribution is -2.25. The van der Waals surface area contributed by atoms with Crippen LogP contribution >= 0.6 is 23.2 Å². The van der Waals surface area contributed by atoms with Gasteiger partial charge in [0.25, 0.3) is 0 Å². The largest absolute Gasteiger partial charge is 0.368 e. The van der Waals surface area contributed by atoms with Gasteiger partial charge in [-0.15, -0.1) is 11.6 Å². The van der Waals surface area contributed by atoms with Gasteiger partial charge in [-0.2, -0.15) is 0 Å². The minimum Gasteiger partial charge on any atom is -0.368 e. The SMILES string of the molecule is NC(=O)C(Cl)Cc1cc(Cl)ccc1F. The molecule has 0 fully saturated rings. The van der Waals surface area contributed by atoms with Gasteiger partial charge in [0.05, 0.1) is 0 Å². The zero-order valence-electron chi connectivity index (χ0n) is 7.14. The van der Waals surface area contributed by atoms with Crippen LogP contribution in [0.3, 0.4) is 0 Å². The molecule has 0 spiro atoms. The Kier molecular flexibility index (Phi) is 3.72. The number of carbonyl (C=O) groups excluding carboxylic acids is 1. The molecule has 1 aromatic rings. The molecule has 0 saturated carbocycles. The molecule has 5 heteroatoms. The maximum Gasteiger partial charge on any atom is 0.235 e. The molecule has 1 rings (SSSR count). The number of carbonyl (C=O) groups is 1. The van der Waals surface area contributed by atoms with Crippen molar-refractivity contribution in [2.45, 2.75) is 11.8 Å². The fourth-order valence-electron chi connectivity index (χ4n) is 0.993. The van der Waals surface area contributed by atoms with Crippen molar-refractivity contribution in [3.63, 3.8) is 0 Å². The Hall–Kier alpha value is -0.800. The quantitative estimate of drug-likeness (QED) is 0.802. The summed E-state index contributed by atoms with van der Waals surface area (Å²) in [6.07, 6.45) is 0.0449. The van der Waals surface area contributed by atoms with Crippen molar-refractivity contribution in [3.05, 3.63) is 34.6 Å². The van der Waals surface area contributed by atoms with E-state index in [1.807, 2.05) is 0 Å². The Balaban J connectivity index is 2.85. The van der Waals surface area contributed by atoms with Gasteiger partial charge >= 0.3 is 0 Å². The second-order valence-corrected chi connectivity index (χ2v) is 3.77. The number of hydrogen-bond acceptors (Lipinski definition) is 1. The third-order valence-corrected chi connectivity index (χ3v) is 2.32. The van der Waals surface area contributed by atoms with Crippen LogP contribution < -0.4 is 5.73 Å². The summed E-state index contributed by atoms with van der Waals surface area (Å²) < 4.78 is 13.1. The summed E-state index contributed by atoms with van der Waals surface area (Å²) in [6, 6.07) is 4.07. The molecule has 1 aromatic carbocycles. The van der Waals surface area contributed by atoms with Gasteiger partial charge < -0.3 is 5.73 Å². The first-order chi connectivity index (χ1) is 6.50. The Morgan fingerprint density at radius 2 is 2.21 bits per heavy atom. The van der Waals surface area contributed by atoms with Crippen LogP contribution in [-0.4, -0.2) is 11.3 Å². The van der Waals surface area contributed by atoms with Gasteiger partial charge in [-0.25, -0.2) is 4.39 Å². The van der Waals surface area contributed by atoms with E-state index in [9.17, 15) is 9.18 Å². The van der Waals surface area contributed by atoms with Crippen molar-refractivity contribution in [2.75, 3.05) is 0 Å². The van der Waals surface area contributed by atoms with Crippen LogP contribution in [0.1, 0.15) is 5.56 Å². The van der Waals surface area contributed by atoms with Gasteiger partial charge in [0, 0.05) is 11.4 Å². The molecule has 1 amide bonds. The highest BCUT2D eigenvalue weighted by molar-refractivity contribution is 6.31. The smallest absolute Gasteiger partial charge is 0.235 e.